The van der Waals surface area contributed by atoms with Crippen LogP contribution in [0.4, 0.5) is 0 Å². The number of nitrogens with zero attached hydrogens (tertiary/aromatic N) is 1. The van der Waals surface area contributed by atoms with Crippen LogP contribution in [-0.2, 0) is 13.5 Å². The van der Waals surface area contributed by atoms with Crippen molar-refractivity contribution in [3.05, 3.63) is 29.1 Å². The number of carbonyl (C=O) groups is 1. The smallest absolute Gasteiger partial charge is 0.176 e. The molecule has 0 saturated carbocycles. The third-order valence-electron chi connectivity index (χ3n) is 2.60. The Balaban J connectivity index is 2.58. The molecule has 0 atom stereocenters. The number of Topliss-reactive ketones (excluding diaryl/α,β-unsaturated/α-hetero) is 1. The van der Waals surface area contributed by atoms with Gasteiger partial charge in [-0.25, -0.2) is 0 Å². The number of rotatable bonds is 1. The van der Waals surface area contributed by atoms with Crippen molar-refractivity contribution < 1.29 is 4.79 Å². The van der Waals surface area contributed by atoms with Crippen molar-refractivity contribution in [3.63, 3.8) is 0 Å². The van der Waals surface area contributed by atoms with E-state index in [1.165, 1.54) is 11.3 Å². The highest BCUT2D eigenvalue weighted by atomic mass is 16.1. The van der Waals surface area contributed by atoms with Gasteiger partial charge in [-0.3, -0.25) is 4.79 Å². The maximum Gasteiger partial charge on any atom is 0.176 e. The molecule has 1 aliphatic carbocycles. The quantitative estimate of drug-likeness (QED) is 0.600. The normalized spacial score (nSPS) is 14.3. The summed E-state index contributed by atoms with van der Waals surface area (Å²) in [6.07, 6.45) is 6.40. The summed E-state index contributed by atoms with van der Waals surface area (Å²) < 4.78 is 2.02. The monoisotopic (exact) mass is 175 g/mol. The van der Waals surface area contributed by atoms with Crippen LogP contribution in [-0.4, -0.2) is 10.4 Å². The van der Waals surface area contributed by atoms with E-state index in [0.29, 0.717) is 0 Å². The molecule has 0 radical (unpaired) electrons. The van der Waals surface area contributed by atoms with E-state index in [9.17, 15) is 4.79 Å². The van der Waals surface area contributed by atoms with Crippen LogP contribution in [0, 0.1) is 0 Å². The van der Waals surface area contributed by atoms with Crippen LogP contribution in [0.2, 0.25) is 0 Å². The number of hydrogen-bond acceptors (Lipinski definition) is 1. The number of hydrogen-bond donors (Lipinski definition) is 0. The molecule has 0 spiro atoms. The van der Waals surface area contributed by atoms with E-state index in [2.05, 4.69) is 12.2 Å². The standard InChI is InChI=1S/C11H13NO/c1-8(13)11-7-9-5-3-4-6-10(9)12(11)2/h3,5,7H,4,6H2,1-2H3. The van der Waals surface area contributed by atoms with Gasteiger partial charge in [0, 0.05) is 19.7 Å². The molecule has 0 unspecified atom stereocenters. The molecule has 1 aromatic rings. The lowest BCUT2D eigenvalue weighted by Crippen LogP contribution is -2.05. The second-order valence-corrected chi connectivity index (χ2v) is 3.49. The largest absolute Gasteiger partial charge is 0.345 e. The molecular weight excluding hydrogens is 162 g/mol. The highest BCUT2D eigenvalue weighted by molar-refractivity contribution is 5.93. The minimum absolute atomic E-state index is 0.144. The van der Waals surface area contributed by atoms with E-state index >= 15 is 0 Å². The highest BCUT2D eigenvalue weighted by Crippen LogP contribution is 2.22. The first-order valence-corrected chi connectivity index (χ1v) is 4.56. The fourth-order valence-electron chi connectivity index (χ4n) is 1.89. The molecule has 1 aliphatic rings. The Bertz CT molecular complexity index is 385. The zero-order chi connectivity index (χ0) is 9.42. The predicted octanol–water partition coefficient (Wildman–Crippen LogP) is 2.19. The summed E-state index contributed by atoms with van der Waals surface area (Å²) in [6.45, 7) is 1.62. The molecule has 68 valence electrons. The summed E-state index contributed by atoms with van der Waals surface area (Å²) in [6, 6.07) is 1.98. The maximum atomic E-state index is 11.2. The average Bonchev–Trinajstić information content (AvgIpc) is 2.45. The average molecular weight is 175 g/mol. The third kappa shape index (κ3) is 1.22. The van der Waals surface area contributed by atoms with Gasteiger partial charge in [-0.05, 0) is 24.5 Å². The van der Waals surface area contributed by atoms with Crippen molar-refractivity contribution in [1.29, 1.82) is 0 Å². The predicted molar refractivity (Wildman–Crippen MR) is 52.8 cm³/mol. The van der Waals surface area contributed by atoms with Gasteiger partial charge in [0.1, 0.15) is 0 Å². The van der Waals surface area contributed by atoms with Gasteiger partial charge in [0.25, 0.3) is 0 Å². The number of allylic oxidation sites excluding steroid dienone is 1. The summed E-state index contributed by atoms with van der Waals surface area (Å²) in [5, 5.41) is 0. The zero-order valence-electron chi connectivity index (χ0n) is 8.00. The van der Waals surface area contributed by atoms with E-state index < -0.39 is 0 Å². The molecule has 2 heteroatoms. The van der Waals surface area contributed by atoms with E-state index in [1.807, 2.05) is 17.7 Å². The first-order valence-electron chi connectivity index (χ1n) is 4.56. The van der Waals surface area contributed by atoms with Crippen molar-refractivity contribution in [1.82, 2.24) is 4.57 Å². The molecule has 0 bridgehead atoms. The lowest BCUT2D eigenvalue weighted by molar-refractivity contribution is 0.101. The zero-order valence-corrected chi connectivity index (χ0v) is 8.00. The molecule has 0 aliphatic heterocycles. The second kappa shape index (κ2) is 2.87. The lowest BCUT2D eigenvalue weighted by atomic mass is 10.1. The van der Waals surface area contributed by atoms with E-state index in [-0.39, 0.29) is 5.78 Å². The van der Waals surface area contributed by atoms with Crippen LogP contribution in [0.25, 0.3) is 6.08 Å². The molecule has 1 heterocycles. The summed E-state index contributed by atoms with van der Waals surface area (Å²) in [5.74, 6) is 0.144. The molecular formula is C11H13NO. The van der Waals surface area contributed by atoms with E-state index in [1.54, 1.807) is 6.92 Å². The topological polar surface area (TPSA) is 22.0 Å². The number of ketones is 1. The highest BCUT2D eigenvalue weighted by Gasteiger charge is 2.14. The molecule has 0 N–H and O–H groups in total. The molecule has 0 aromatic carbocycles. The van der Waals surface area contributed by atoms with Crippen molar-refractivity contribution in [2.24, 2.45) is 7.05 Å². The Morgan fingerprint density at radius 2 is 2.31 bits per heavy atom. The van der Waals surface area contributed by atoms with Crippen molar-refractivity contribution in [2.75, 3.05) is 0 Å². The summed E-state index contributed by atoms with van der Waals surface area (Å²) in [5.41, 5.74) is 3.31. The summed E-state index contributed by atoms with van der Waals surface area (Å²) in [7, 11) is 1.97. The number of aromatic nitrogens is 1. The van der Waals surface area contributed by atoms with Gasteiger partial charge in [-0.2, -0.15) is 0 Å². The van der Waals surface area contributed by atoms with Gasteiger partial charge < -0.3 is 4.57 Å². The molecule has 1 aromatic heterocycles. The van der Waals surface area contributed by atoms with Crippen LogP contribution in [0.15, 0.2) is 12.1 Å². The maximum absolute atomic E-state index is 11.2. The van der Waals surface area contributed by atoms with Crippen molar-refractivity contribution >= 4 is 11.9 Å². The molecule has 2 rings (SSSR count). The Morgan fingerprint density at radius 3 is 2.92 bits per heavy atom. The SMILES string of the molecule is CC(=O)c1cc2c(n1C)CCC=C2. The third-order valence-corrected chi connectivity index (χ3v) is 2.60. The molecule has 0 saturated heterocycles. The van der Waals surface area contributed by atoms with Gasteiger partial charge in [-0.1, -0.05) is 12.2 Å². The fraction of sp³-hybridized carbons (Fsp3) is 0.364. The van der Waals surface area contributed by atoms with E-state index in [4.69, 9.17) is 0 Å². The molecule has 2 nitrogen and oxygen atoms in total. The first-order chi connectivity index (χ1) is 6.20. The number of carbonyl (C=O) groups excluding carboxylic acids is 1. The van der Waals surface area contributed by atoms with E-state index in [0.717, 1.165) is 18.5 Å². The van der Waals surface area contributed by atoms with Gasteiger partial charge in [-0.15, -0.1) is 0 Å². The Kier molecular flexibility index (Phi) is 1.83. The van der Waals surface area contributed by atoms with Crippen LogP contribution in [0.3, 0.4) is 0 Å². The molecule has 0 fully saturated rings. The second-order valence-electron chi connectivity index (χ2n) is 3.49. The number of fused-ring (bicyclic) bond motifs is 1. The van der Waals surface area contributed by atoms with Gasteiger partial charge in [0.15, 0.2) is 5.78 Å². The van der Waals surface area contributed by atoms with Gasteiger partial charge in [0.05, 0.1) is 5.69 Å². The molecule has 0 amide bonds. The van der Waals surface area contributed by atoms with Crippen LogP contribution < -0.4 is 0 Å². The molecule has 13 heavy (non-hydrogen) atoms. The van der Waals surface area contributed by atoms with Crippen LogP contribution in [0.1, 0.15) is 35.1 Å². The summed E-state index contributed by atoms with van der Waals surface area (Å²) in [4.78, 5) is 11.2. The minimum Gasteiger partial charge on any atom is -0.345 e. The Morgan fingerprint density at radius 1 is 1.54 bits per heavy atom. The van der Waals surface area contributed by atoms with Crippen molar-refractivity contribution in [2.45, 2.75) is 19.8 Å². The Labute approximate surface area is 77.9 Å². The summed E-state index contributed by atoms with van der Waals surface area (Å²) >= 11 is 0. The van der Waals surface area contributed by atoms with Gasteiger partial charge >= 0.3 is 0 Å². The lowest BCUT2D eigenvalue weighted by Gasteiger charge is -2.08. The first kappa shape index (κ1) is 8.30. The van der Waals surface area contributed by atoms with Gasteiger partial charge in [0.2, 0.25) is 0 Å². The van der Waals surface area contributed by atoms with Crippen LogP contribution >= 0.6 is 0 Å². The minimum atomic E-state index is 0.144. The van der Waals surface area contributed by atoms with Crippen LogP contribution in [0.5, 0.6) is 0 Å². The Hall–Kier alpha value is -1.31. The van der Waals surface area contributed by atoms with Crippen molar-refractivity contribution in [3.8, 4) is 0 Å². The fourth-order valence-corrected chi connectivity index (χ4v) is 1.89.